The first kappa shape index (κ1) is 16.7. The molecule has 0 saturated carbocycles. The smallest absolute Gasteiger partial charge is 0.372 e. The van der Waals surface area contributed by atoms with E-state index in [2.05, 4.69) is 4.98 Å². The maximum atomic E-state index is 12.2. The number of nitrogens with zero attached hydrogens (tertiary/aromatic N) is 2. The number of pyridine rings is 1. The highest BCUT2D eigenvalue weighted by Gasteiger charge is 2.30. The van der Waals surface area contributed by atoms with E-state index in [1.807, 2.05) is 12.1 Å². The molecule has 0 aliphatic carbocycles. The number of halogens is 3. The lowest BCUT2D eigenvalue weighted by molar-refractivity contribution is -0.151. The molecule has 4 nitrogen and oxygen atoms in total. The summed E-state index contributed by atoms with van der Waals surface area (Å²) < 4.78 is 42.2. The standard InChI is InChI=1S/C15H19F3N2O2/c16-15(17,18)6-5-14(21)20-8-2-4-13(10-20)22-11-12-3-1-7-19-9-12/h1,3,7,9,13H,2,4-6,8,10-11H2/t13-/m1/s1. The number of hydrogen-bond acceptors (Lipinski definition) is 3. The van der Waals surface area contributed by atoms with E-state index >= 15 is 0 Å². The first-order valence-corrected chi connectivity index (χ1v) is 7.29. The van der Waals surface area contributed by atoms with Crippen molar-refractivity contribution in [2.24, 2.45) is 0 Å². The van der Waals surface area contributed by atoms with Crippen LogP contribution < -0.4 is 0 Å². The van der Waals surface area contributed by atoms with Gasteiger partial charge in [0.1, 0.15) is 0 Å². The van der Waals surface area contributed by atoms with E-state index < -0.39 is 24.9 Å². The van der Waals surface area contributed by atoms with Crippen LogP contribution in [0.3, 0.4) is 0 Å². The Morgan fingerprint density at radius 1 is 1.45 bits per heavy atom. The number of ether oxygens (including phenoxy) is 1. The second-order valence-corrected chi connectivity index (χ2v) is 5.39. The monoisotopic (exact) mass is 316 g/mol. The van der Waals surface area contributed by atoms with Crippen LogP contribution in [0.25, 0.3) is 0 Å². The summed E-state index contributed by atoms with van der Waals surface area (Å²) in [6, 6.07) is 3.70. The number of carbonyl (C=O) groups excluding carboxylic acids is 1. The minimum absolute atomic E-state index is 0.135. The molecule has 0 bridgehead atoms. The molecule has 0 aromatic carbocycles. The summed E-state index contributed by atoms with van der Waals surface area (Å²) in [5, 5.41) is 0. The van der Waals surface area contributed by atoms with E-state index in [0.717, 1.165) is 18.4 Å². The van der Waals surface area contributed by atoms with Crippen molar-refractivity contribution in [1.29, 1.82) is 0 Å². The van der Waals surface area contributed by atoms with E-state index in [9.17, 15) is 18.0 Å². The molecule has 1 aromatic heterocycles. The van der Waals surface area contributed by atoms with Crippen LogP contribution in [0.2, 0.25) is 0 Å². The summed E-state index contributed by atoms with van der Waals surface area (Å²) in [6.07, 6.45) is -1.05. The molecule has 1 aromatic rings. The lowest BCUT2D eigenvalue weighted by Gasteiger charge is -2.32. The molecule has 22 heavy (non-hydrogen) atoms. The number of alkyl halides is 3. The Morgan fingerprint density at radius 2 is 2.27 bits per heavy atom. The van der Waals surface area contributed by atoms with Gasteiger partial charge in [0.15, 0.2) is 0 Å². The van der Waals surface area contributed by atoms with Gasteiger partial charge in [-0.3, -0.25) is 9.78 Å². The molecule has 1 atom stereocenters. The summed E-state index contributed by atoms with van der Waals surface area (Å²) >= 11 is 0. The zero-order chi connectivity index (χ0) is 16.0. The van der Waals surface area contributed by atoms with Gasteiger partial charge in [0.05, 0.1) is 19.1 Å². The van der Waals surface area contributed by atoms with Crippen LogP contribution in [0, 0.1) is 0 Å². The Morgan fingerprint density at radius 3 is 2.95 bits per heavy atom. The molecular formula is C15H19F3N2O2. The van der Waals surface area contributed by atoms with Gasteiger partial charge >= 0.3 is 6.18 Å². The van der Waals surface area contributed by atoms with Crippen LogP contribution >= 0.6 is 0 Å². The second kappa shape index (κ2) is 7.58. The molecule has 1 aliphatic rings. The van der Waals surface area contributed by atoms with Crippen LogP contribution in [-0.2, 0) is 16.1 Å². The summed E-state index contributed by atoms with van der Waals surface area (Å²) in [7, 11) is 0. The number of rotatable bonds is 5. The van der Waals surface area contributed by atoms with Gasteiger partial charge in [-0.05, 0) is 24.5 Å². The Hall–Kier alpha value is -1.63. The molecule has 0 spiro atoms. The van der Waals surface area contributed by atoms with Crippen molar-refractivity contribution in [2.45, 2.75) is 44.6 Å². The van der Waals surface area contributed by atoms with Crippen molar-refractivity contribution in [1.82, 2.24) is 9.88 Å². The molecule has 0 unspecified atom stereocenters. The zero-order valence-corrected chi connectivity index (χ0v) is 12.2. The van der Waals surface area contributed by atoms with Gasteiger partial charge in [0.25, 0.3) is 0 Å². The lowest BCUT2D eigenvalue weighted by Crippen LogP contribution is -2.43. The van der Waals surface area contributed by atoms with Crippen LogP contribution in [0.15, 0.2) is 24.5 Å². The Balaban J connectivity index is 1.77. The highest BCUT2D eigenvalue weighted by molar-refractivity contribution is 5.76. The average Bonchev–Trinajstić information content (AvgIpc) is 2.51. The molecule has 1 fully saturated rings. The summed E-state index contributed by atoms with van der Waals surface area (Å²) in [5.74, 6) is -0.452. The second-order valence-electron chi connectivity index (χ2n) is 5.39. The predicted molar refractivity (Wildman–Crippen MR) is 73.9 cm³/mol. The fraction of sp³-hybridized carbons (Fsp3) is 0.600. The highest BCUT2D eigenvalue weighted by Crippen LogP contribution is 2.23. The minimum Gasteiger partial charge on any atom is -0.372 e. The third-order valence-corrected chi connectivity index (χ3v) is 3.56. The van der Waals surface area contributed by atoms with Crippen LogP contribution in [0.1, 0.15) is 31.2 Å². The van der Waals surface area contributed by atoms with Gasteiger partial charge in [0, 0.05) is 31.9 Å². The summed E-state index contributed by atoms with van der Waals surface area (Å²) in [4.78, 5) is 17.3. The maximum absolute atomic E-state index is 12.2. The average molecular weight is 316 g/mol. The topological polar surface area (TPSA) is 42.4 Å². The minimum atomic E-state index is -4.29. The molecule has 2 heterocycles. The van der Waals surface area contributed by atoms with E-state index in [4.69, 9.17) is 4.74 Å². The number of aromatic nitrogens is 1. The third-order valence-electron chi connectivity index (χ3n) is 3.56. The Labute approximate surface area is 127 Å². The third kappa shape index (κ3) is 5.63. The predicted octanol–water partition coefficient (Wildman–Crippen LogP) is 2.93. The largest absolute Gasteiger partial charge is 0.389 e. The van der Waals surface area contributed by atoms with E-state index in [1.165, 1.54) is 4.90 Å². The first-order chi connectivity index (χ1) is 10.4. The van der Waals surface area contributed by atoms with E-state index in [-0.39, 0.29) is 6.10 Å². The maximum Gasteiger partial charge on any atom is 0.389 e. The fourth-order valence-corrected chi connectivity index (χ4v) is 2.41. The van der Waals surface area contributed by atoms with Crippen molar-refractivity contribution in [3.8, 4) is 0 Å². The van der Waals surface area contributed by atoms with Gasteiger partial charge in [-0.1, -0.05) is 6.07 Å². The lowest BCUT2D eigenvalue weighted by atomic mass is 10.1. The Kier molecular flexibility index (Phi) is 5.76. The van der Waals surface area contributed by atoms with Crippen LogP contribution in [-0.4, -0.2) is 41.2 Å². The molecule has 1 saturated heterocycles. The van der Waals surface area contributed by atoms with Crippen molar-refractivity contribution >= 4 is 5.91 Å². The molecule has 122 valence electrons. The fourth-order valence-electron chi connectivity index (χ4n) is 2.41. The highest BCUT2D eigenvalue weighted by atomic mass is 19.4. The quantitative estimate of drug-likeness (QED) is 0.839. The van der Waals surface area contributed by atoms with E-state index in [1.54, 1.807) is 12.4 Å². The van der Waals surface area contributed by atoms with Crippen LogP contribution in [0.5, 0.6) is 0 Å². The van der Waals surface area contributed by atoms with Crippen molar-refractivity contribution in [3.63, 3.8) is 0 Å². The zero-order valence-electron chi connectivity index (χ0n) is 12.2. The van der Waals surface area contributed by atoms with Gasteiger partial charge in [-0.25, -0.2) is 0 Å². The number of likely N-dealkylation sites (tertiary alicyclic amines) is 1. The van der Waals surface area contributed by atoms with E-state index in [0.29, 0.717) is 19.7 Å². The first-order valence-electron chi connectivity index (χ1n) is 7.29. The number of piperidine rings is 1. The molecule has 1 aliphatic heterocycles. The molecule has 2 rings (SSSR count). The number of carbonyl (C=O) groups is 1. The number of amides is 1. The summed E-state index contributed by atoms with van der Waals surface area (Å²) in [5.41, 5.74) is 0.933. The van der Waals surface area contributed by atoms with Gasteiger partial charge in [-0.2, -0.15) is 13.2 Å². The van der Waals surface area contributed by atoms with Crippen LogP contribution in [0.4, 0.5) is 13.2 Å². The molecule has 1 amide bonds. The van der Waals surface area contributed by atoms with Crippen molar-refractivity contribution < 1.29 is 22.7 Å². The molecular weight excluding hydrogens is 297 g/mol. The SMILES string of the molecule is O=C(CCC(F)(F)F)N1CCC[C@@H](OCc2cccnc2)C1. The normalized spacial score (nSPS) is 19.2. The van der Waals surface area contributed by atoms with Gasteiger partial charge in [0.2, 0.25) is 5.91 Å². The van der Waals surface area contributed by atoms with Gasteiger partial charge < -0.3 is 9.64 Å². The Bertz CT molecular complexity index is 479. The molecule has 0 radical (unpaired) electrons. The molecule has 7 heteroatoms. The van der Waals surface area contributed by atoms with Crippen molar-refractivity contribution in [2.75, 3.05) is 13.1 Å². The summed E-state index contributed by atoms with van der Waals surface area (Å²) in [6.45, 7) is 1.25. The number of hydrogen-bond donors (Lipinski definition) is 0. The van der Waals surface area contributed by atoms with Gasteiger partial charge in [-0.15, -0.1) is 0 Å². The van der Waals surface area contributed by atoms with Crippen molar-refractivity contribution in [3.05, 3.63) is 30.1 Å². The molecule has 0 N–H and O–H groups in total.